The van der Waals surface area contributed by atoms with Crippen molar-refractivity contribution >= 4 is 17.0 Å². The number of hydrogen-bond donors (Lipinski definition) is 1. The summed E-state index contributed by atoms with van der Waals surface area (Å²) in [4.78, 5) is 5.53. The minimum absolute atomic E-state index is 0.223. The van der Waals surface area contributed by atoms with Gasteiger partial charge in [-0.1, -0.05) is 13.0 Å². The highest BCUT2D eigenvalue weighted by Gasteiger charge is 2.21. The van der Waals surface area contributed by atoms with Crippen LogP contribution in [0.3, 0.4) is 0 Å². The van der Waals surface area contributed by atoms with Crippen LogP contribution >= 0.6 is 11.3 Å². The number of ether oxygens (including phenoxy) is 3. The van der Waals surface area contributed by atoms with Gasteiger partial charge in [0.05, 0.1) is 25.9 Å². The zero-order chi connectivity index (χ0) is 16.1. The predicted octanol–water partition coefficient (Wildman–Crippen LogP) is 3.98. The van der Waals surface area contributed by atoms with E-state index in [0.29, 0.717) is 13.2 Å². The molecule has 124 valence electrons. The average Bonchev–Trinajstić information content (AvgIpc) is 3.24. The quantitative estimate of drug-likeness (QED) is 0.830. The van der Waals surface area contributed by atoms with Gasteiger partial charge in [0.25, 0.3) is 0 Å². The highest BCUT2D eigenvalue weighted by molar-refractivity contribution is 7.11. The van der Waals surface area contributed by atoms with E-state index in [1.165, 1.54) is 0 Å². The lowest BCUT2D eigenvalue weighted by Crippen LogP contribution is -2.09. The molecule has 1 fully saturated rings. The molecule has 1 aliphatic rings. The lowest BCUT2D eigenvalue weighted by molar-refractivity contribution is -0.0442. The van der Waals surface area contributed by atoms with Gasteiger partial charge in [-0.25, -0.2) is 4.98 Å². The van der Waals surface area contributed by atoms with E-state index in [0.717, 1.165) is 34.3 Å². The van der Waals surface area contributed by atoms with Crippen LogP contribution in [0, 0.1) is 0 Å². The molecule has 0 amide bonds. The molecule has 5 nitrogen and oxygen atoms in total. The number of nitrogens with one attached hydrogen (secondary N) is 1. The minimum atomic E-state index is -0.291. The highest BCUT2D eigenvalue weighted by Crippen LogP contribution is 2.28. The lowest BCUT2D eigenvalue weighted by Gasteiger charge is -2.13. The Balaban J connectivity index is 1.56. The first-order chi connectivity index (χ1) is 11.2. The first kappa shape index (κ1) is 16.2. The number of thiazole rings is 1. The summed E-state index contributed by atoms with van der Waals surface area (Å²) in [5, 5.41) is 4.29. The van der Waals surface area contributed by atoms with Gasteiger partial charge in [-0.3, -0.25) is 0 Å². The summed E-state index contributed by atoms with van der Waals surface area (Å²) in [5.74, 6) is 0.891. The van der Waals surface area contributed by atoms with Gasteiger partial charge in [-0.2, -0.15) is 0 Å². The normalized spacial score (nSPS) is 16.4. The second kappa shape index (κ2) is 7.77. The van der Waals surface area contributed by atoms with Gasteiger partial charge in [0.1, 0.15) is 10.8 Å². The average molecular weight is 334 g/mol. The summed E-state index contributed by atoms with van der Waals surface area (Å²) in [5.41, 5.74) is 1.04. The van der Waals surface area contributed by atoms with E-state index in [-0.39, 0.29) is 12.4 Å². The zero-order valence-corrected chi connectivity index (χ0v) is 14.3. The summed E-state index contributed by atoms with van der Waals surface area (Å²) in [6, 6.07) is 8.04. The topological polar surface area (TPSA) is 52.6 Å². The molecule has 1 saturated heterocycles. The molecular formula is C17H22N2O3S. The van der Waals surface area contributed by atoms with Crippen molar-refractivity contribution < 1.29 is 14.2 Å². The van der Waals surface area contributed by atoms with E-state index < -0.39 is 0 Å². The lowest BCUT2D eigenvalue weighted by atomic mass is 10.2. The Kier molecular flexibility index (Phi) is 5.48. The van der Waals surface area contributed by atoms with E-state index in [1.54, 1.807) is 11.3 Å². The Hall–Kier alpha value is -1.63. The number of aromatic nitrogens is 1. The van der Waals surface area contributed by atoms with E-state index in [4.69, 9.17) is 14.2 Å². The molecule has 1 aromatic carbocycles. The molecular weight excluding hydrogens is 312 g/mol. The van der Waals surface area contributed by atoms with Crippen molar-refractivity contribution in [2.45, 2.75) is 39.2 Å². The van der Waals surface area contributed by atoms with Crippen molar-refractivity contribution in [3.8, 4) is 5.75 Å². The van der Waals surface area contributed by atoms with Crippen LogP contribution in [0.1, 0.15) is 36.4 Å². The van der Waals surface area contributed by atoms with Gasteiger partial charge in [-0.15, -0.1) is 11.3 Å². The predicted molar refractivity (Wildman–Crippen MR) is 90.9 cm³/mol. The Labute approximate surface area is 140 Å². The molecule has 23 heavy (non-hydrogen) atoms. The molecule has 6 heteroatoms. The molecule has 0 aliphatic carbocycles. The van der Waals surface area contributed by atoms with Crippen LogP contribution in [0.25, 0.3) is 0 Å². The number of hydrogen-bond acceptors (Lipinski definition) is 6. The van der Waals surface area contributed by atoms with Crippen molar-refractivity contribution in [2.24, 2.45) is 0 Å². The van der Waals surface area contributed by atoms with Crippen LogP contribution < -0.4 is 10.1 Å². The first-order valence-electron chi connectivity index (χ1n) is 7.93. The molecule has 1 atom stereocenters. The van der Waals surface area contributed by atoms with Crippen LogP contribution in [0.15, 0.2) is 30.5 Å². The maximum atomic E-state index is 5.85. The molecule has 3 rings (SSSR count). The second-order valence-electron chi connectivity index (χ2n) is 5.46. The first-order valence-corrected chi connectivity index (χ1v) is 8.74. The maximum absolute atomic E-state index is 5.85. The van der Waals surface area contributed by atoms with Crippen molar-refractivity contribution in [1.82, 2.24) is 4.98 Å². The van der Waals surface area contributed by atoms with Crippen LogP contribution in [0.2, 0.25) is 0 Å². The standard InChI is InChI=1S/C17H22N2O3S/c1-3-12(2)22-14-6-4-5-13(9-14)18-10-15-11-19-16(23-15)17-20-7-8-21-17/h4-6,9,11-12,17-18H,3,7-8,10H2,1-2H3. The van der Waals surface area contributed by atoms with Crippen molar-refractivity contribution in [2.75, 3.05) is 18.5 Å². The summed E-state index contributed by atoms with van der Waals surface area (Å²) in [6.45, 7) is 6.19. The van der Waals surface area contributed by atoms with Gasteiger partial charge in [0.15, 0.2) is 0 Å². The zero-order valence-electron chi connectivity index (χ0n) is 13.5. The number of nitrogens with zero attached hydrogens (tertiary/aromatic N) is 1. The van der Waals surface area contributed by atoms with E-state index in [1.807, 2.05) is 30.5 Å². The third kappa shape index (κ3) is 4.43. The molecule has 0 radical (unpaired) electrons. The monoisotopic (exact) mass is 334 g/mol. The molecule has 1 aromatic heterocycles. The van der Waals surface area contributed by atoms with Crippen molar-refractivity contribution in [3.63, 3.8) is 0 Å². The molecule has 0 saturated carbocycles. The third-order valence-corrected chi connectivity index (χ3v) is 4.63. The SMILES string of the molecule is CCC(C)Oc1cccc(NCc2cnc(C3OCCO3)s2)c1. The van der Waals surface area contributed by atoms with Gasteiger partial charge in [0, 0.05) is 22.8 Å². The molecule has 0 spiro atoms. The molecule has 2 heterocycles. The largest absolute Gasteiger partial charge is 0.491 e. The molecule has 2 aromatic rings. The van der Waals surface area contributed by atoms with E-state index in [2.05, 4.69) is 24.1 Å². The fourth-order valence-corrected chi connectivity index (χ4v) is 3.05. The van der Waals surface area contributed by atoms with Crippen molar-refractivity contribution in [3.05, 3.63) is 40.3 Å². The van der Waals surface area contributed by atoms with Gasteiger partial charge in [0.2, 0.25) is 6.29 Å². The van der Waals surface area contributed by atoms with Crippen molar-refractivity contribution in [1.29, 1.82) is 0 Å². The molecule has 1 N–H and O–H groups in total. The summed E-state index contributed by atoms with van der Waals surface area (Å²) in [7, 11) is 0. The number of anilines is 1. The van der Waals surface area contributed by atoms with Gasteiger partial charge in [-0.05, 0) is 25.5 Å². The summed E-state index contributed by atoms with van der Waals surface area (Å²) >= 11 is 1.61. The Morgan fingerprint density at radius 1 is 1.39 bits per heavy atom. The molecule has 0 bridgehead atoms. The maximum Gasteiger partial charge on any atom is 0.211 e. The Morgan fingerprint density at radius 2 is 2.22 bits per heavy atom. The number of rotatable bonds is 7. The van der Waals surface area contributed by atoms with Crippen LogP contribution in [-0.2, 0) is 16.0 Å². The number of benzene rings is 1. The van der Waals surface area contributed by atoms with Gasteiger partial charge < -0.3 is 19.5 Å². The van der Waals surface area contributed by atoms with Crippen LogP contribution in [0.5, 0.6) is 5.75 Å². The molecule has 1 aliphatic heterocycles. The van der Waals surface area contributed by atoms with E-state index in [9.17, 15) is 0 Å². The fraction of sp³-hybridized carbons (Fsp3) is 0.471. The summed E-state index contributed by atoms with van der Waals surface area (Å²) in [6.07, 6.45) is 2.80. The Morgan fingerprint density at radius 3 is 3.00 bits per heavy atom. The Bertz CT molecular complexity index is 626. The van der Waals surface area contributed by atoms with E-state index >= 15 is 0 Å². The fourth-order valence-electron chi connectivity index (χ4n) is 2.20. The highest BCUT2D eigenvalue weighted by atomic mass is 32.1. The van der Waals surface area contributed by atoms with Gasteiger partial charge >= 0.3 is 0 Å². The molecule has 1 unspecified atom stereocenters. The second-order valence-corrected chi connectivity index (χ2v) is 6.60. The minimum Gasteiger partial charge on any atom is -0.491 e. The smallest absolute Gasteiger partial charge is 0.211 e. The third-order valence-electron chi connectivity index (χ3n) is 3.61. The van der Waals surface area contributed by atoms with Crippen LogP contribution in [0.4, 0.5) is 5.69 Å². The summed E-state index contributed by atoms with van der Waals surface area (Å²) < 4.78 is 16.8. The van der Waals surface area contributed by atoms with Crippen LogP contribution in [-0.4, -0.2) is 24.3 Å².